The highest BCUT2D eigenvalue weighted by atomic mass is 127. The first kappa shape index (κ1) is 13.2. The van der Waals surface area contributed by atoms with Crippen molar-refractivity contribution in [3.05, 3.63) is 57.7 Å². The summed E-state index contributed by atoms with van der Waals surface area (Å²) in [6.45, 7) is 0.893. The van der Waals surface area contributed by atoms with E-state index in [0.717, 1.165) is 12.3 Å². The molecule has 0 unspecified atom stereocenters. The Morgan fingerprint density at radius 1 is 1.06 bits per heavy atom. The van der Waals surface area contributed by atoms with E-state index in [-0.39, 0.29) is 0 Å². The zero-order chi connectivity index (χ0) is 13.0. The van der Waals surface area contributed by atoms with Crippen LogP contribution in [0.2, 0.25) is 0 Å². The third-order valence-electron chi connectivity index (χ3n) is 2.84. The van der Waals surface area contributed by atoms with Crippen LogP contribution < -0.4 is 9.64 Å². The standard InChI is InChI=1S/C15H16INO/c1-17(15-6-4-3-5-14(15)16)11-12-7-9-13(18-2)10-8-12/h3-10H,11H2,1-2H3. The van der Waals surface area contributed by atoms with E-state index in [1.165, 1.54) is 14.8 Å². The number of rotatable bonds is 4. The van der Waals surface area contributed by atoms with Crippen LogP contribution in [-0.2, 0) is 6.54 Å². The maximum absolute atomic E-state index is 5.16. The summed E-state index contributed by atoms with van der Waals surface area (Å²) in [6.07, 6.45) is 0. The molecule has 0 radical (unpaired) electrons. The summed E-state index contributed by atoms with van der Waals surface area (Å²) in [5.41, 5.74) is 2.53. The number of methoxy groups -OCH3 is 1. The monoisotopic (exact) mass is 353 g/mol. The highest BCUT2D eigenvalue weighted by molar-refractivity contribution is 14.1. The average molecular weight is 353 g/mol. The van der Waals surface area contributed by atoms with Crippen LogP contribution in [0.3, 0.4) is 0 Å². The number of anilines is 1. The topological polar surface area (TPSA) is 12.5 Å². The predicted octanol–water partition coefficient (Wildman–Crippen LogP) is 3.94. The van der Waals surface area contributed by atoms with Gasteiger partial charge in [0.2, 0.25) is 0 Å². The normalized spacial score (nSPS) is 10.2. The second-order valence-electron chi connectivity index (χ2n) is 4.16. The van der Waals surface area contributed by atoms with Crippen LogP contribution in [0.15, 0.2) is 48.5 Å². The van der Waals surface area contributed by atoms with Crippen LogP contribution in [0.4, 0.5) is 5.69 Å². The van der Waals surface area contributed by atoms with Crippen LogP contribution >= 0.6 is 22.6 Å². The van der Waals surface area contributed by atoms with E-state index in [1.807, 2.05) is 12.1 Å². The maximum Gasteiger partial charge on any atom is 0.118 e. The third-order valence-corrected chi connectivity index (χ3v) is 3.75. The van der Waals surface area contributed by atoms with Crippen molar-refractivity contribution in [1.29, 1.82) is 0 Å². The molecular weight excluding hydrogens is 337 g/mol. The van der Waals surface area contributed by atoms with Gasteiger partial charge in [0.25, 0.3) is 0 Å². The highest BCUT2D eigenvalue weighted by Crippen LogP contribution is 2.22. The first-order valence-corrected chi connectivity index (χ1v) is 6.87. The molecule has 0 aliphatic rings. The van der Waals surface area contributed by atoms with Crippen LogP contribution in [-0.4, -0.2) is 14.2 Å². The summed E-state index contributed by atoms with van der Waals surface area (Å²) in [7, 11) is 3.80. The molecule has 0 fully saturated rings. The minimum Gasteiger partial charge on any atom is -0.497 e. The molecule has 0 saturated carbocycles. The number of nitrogens with zero attached hydrogens (tertiary/aromatic N) is 1. The van der Waals surface area contributed by atoms with Gasteiger partial charge in [-0.05, 0) is 52.4 Å². The van der Waals surface area contributed by atoms with Gasteiger partial charge in [-0.2, -0.15) is 0 Å². The second-order valence-corrected chi connectivity index (χ2v) is 5.32. The van der Waals surface area contributed by atoms with E-state index >= 15 is 0 Å². The minimum atomic E-state index is 0.893. The summed E-state index contributed by atoms with van der Waals surface area (Å²) in [6, 6.07) is 16.6. The maximum atomic E-state index is 5.16. The smallest absolute Gasteiger partial charge is 0.118 e. The largest absolute Gasteiger partial charge is 0.497 e. The molecule has 2 aromatic rings. The van der Waals surface area contributed by atoms with Crippen LogP contribution in [0.25, 0.3) is 0 Å². The fourth-order valence-corrected chi connectivity index (χ4v) is 2.65. The number of hydrogen-bond acceptors (Lipinski definition) is 2. The molecule has 3 heteroatoms. The van der Waals surface area contributed by atoms with E-state index in [2.05, 4.69) is 70.9 Å². The van der Waals surface area contributed by atoms with Gasteiger partial charge in [0.05, 0.1) is 12.8 Å². The van der Waals surface area contributed by atoms with Gasteiger partial charge in [0.15, 0.2) is 0 Å². The van der Waals surface area contributed by atoms with Crippen molar-refractivity contribution in [2.75, 3.05) is 19.1 Å². The van der Waals surface area contributed by atoms with Gasteiger partial charge in [-0.25, -0.2) is 0 Å². The Hall–Kier alpha value is -1.23. The quantitative estimate of drug-likeness (QED) is 0.773. The van der Waals surface area contributed by atoms with Gasteiger partial charge in [-0.1, -0.05) is 24.3 Å². The minimum absolute atomic E-state index is 0.893. The lowest BCUT2D eigenvalue weighted by atomic mass is 10.2. The van der Waals surface area contributed by atoms with Crippen molar-refractivity contribution in [3.8, 4) is 5.75 Å². The lowest BCUT2D eigenvalue weighted by Gasteiger charge is -2.20. The van der Waals surface area contributed by atoms with Gasteiger partial charge in [-0.3, -0.25) is 0 Å². The van der Waals surface area contributed by atoms with Crippen LogP contribution in [0, 0.1) is 3.57 Å². The Labute approximate surface area is 122 Å². The van der Waals surface area contributed by atoms with Gasteiger partial charge in [-0.15, -0.1) is 0 Å². The molecule has 0 heterocycles. The number of hydrogen-bond donors (Lipinski definition) is 0. The summed E-state index contributed by atoms with van der Waals surface area (Å²) in [4.78, 5) is 2.25. The zero-order valence-corrected chi connectivity index (χ0v) is 12.7. The van der Waals surface area contributed by atoms with Crippen molar-refractivity contribution in [1.82, 2.24) is 0 Å². The number of para-hydroxylation sites is 1. The number of halogens is 1. The van der Waals surface area contributed by atoms with Crippen molar-refractivity contribution >= 4 is 28.3 Å². The molecule has 0 aliphatic carbocycles. The number of benzene rings is 2. The van der Waals surface area contributed by atoms with Gasteiger partial charge < -0.3 is 9.64 Å². The Morgan fingerprint density at radius 3 is 2.33 bits per heavy atom. The summed E-state index contributed by atoms with van der Waals surface area (Å²) in [5.74, 6) is 0.899. The molecule has 18 heavy (non-hydrogen) atoms. The van der Waals surface area contributed by atoms with Crippen molar-refractivity contribution in [2.24, 2.45) is 0 Å². The Bertz CT molecular complexity index is 510. The molecule has 0 bridgehead atoms. The van der Waals surface area contributed by atoms with Crippen LogP contribution in [0.1, 0.15) is 5.56 Å². The average Bonchev–Trinajstić information content (AvgIpc) is 2.40. The van der Waals surface area contributed by atoms with Gasteiger partial charge in [0.1, 0.15) is 5.75 Å². The van der Waals surface area contributed by atoms with Crippen molar-refractivity contribution in [2.45, 2.75) is 6.54 Å². The van der Waals surface area contributed by atoms with E-state index in [9.17, 15) is 0 Å². The molecule has 2 aromatic carbocycles. The molecular formula is C15H16INO. The number of ether oxygens (including phenoxy) is 1. The molecule has 0 aromatic heterocycles. The fourth-order valence-electron chi connectivity index (χ4n) is 1.85. The molecule has 0 N–H and O–H groups in total. The van der Waals surface area contributed by atoms with Crippen LogP contribution in [0.5, 0.6) is 5.75 Å². The second kappa shape index (κ2) is 6.09. The third kappa shape index (κ3) is 3.16. The lowest BCUT2D eigenvalue weighted by molar-refractivity contribution is 0.414. The molecule has 94 valence electrons. The molecule has 0 saturated heterocycles. The van der Waals surface area contributed by atoms with Crippen molar-refractivity contribution < 1.29 is 4.74 Å². The highest BCUT2D eigenvalue weighted by Gasteiger charge is 2.05. The van der Waals surface area contributed by atoms with E-state index in [4.69, 9.17) is 4.74 Å². The Kier molecular flexibility index (Phi) is 4.47. The molecule has 0 atom stereocenters. The van der Waals surface area contributed by atoms with Gasteiger partial charge in [0, 0.05) is 17.2 Å². The predicted molar refractivity (Wildman–Crippen MR) is 84.3 cm³/mol. The van der Waals surface area contributed by atoms with E-state index < -0.39 is 0 Å². The van der Waals surface area contributed by atoms with E-state index in [1.54, 1.807) is 7.11 Å². The molecule has 0 amide bonds. The van der Waals surface area contributed by atoms with Gasteiger partial charge >= 0.3 is 0 Å². The van der Waals surface area contributed by atoms with E-state index in [0.29, 0.717) is 0 Å². The first-order chi connectivity index (χ1) is 8.70. The molecule has 0 spiro atoms. The molecule has 0 aliphatic heterocycles. The Balaban J connectivity index is 2.11. The SMILES string of the molecule is COc1ccc(CN(C)c2ccccc2I)cc1. The summed E-state index contributed by atoms with van der Waals surface area (Å²) in [5, 5.41) is 0. The summed E-state index contributed by atoms with van der Waals surface area (Å²) >= 11 is 2.37. The fraction of sp³-hybridized carbons (Fsp3) is 0.200. The Morgan fingerprint density at radius 2 is 1.72 bits per heavy atom. The molecule has 2 nitrogen and oxygen atoms in total. The van der Waals surface area contributed by atoms with Crippen molar-refractivity contribution in [3.63, 3.8) is 0 Å². The zero-order valence-electron chi connectivity index (χ0n) is 10.6. The first-order valence-electron chi connectivity index (χ1n) is 5.79. The molecule has 2 rings (SSSR count). The lowest BCUT2D eigenvalue weighted by Crippen LogP contribution is -2.17. The summed E-state index contributed by atoms with van der Waals surface area (Å²) < 4.78 is 6.43.